The molecule has 0 spiro atoms. The van der Waals surface area contributed by atoms with E-state index >= 15 is 0 Å². The van der Waals surface area contributed by atoms with Gasteiger partial charge in [0.15, 0.2) is 6.29 Å². The van der Waals surface area contributed by atoms with Gasteiger partial charge in [-0.1, -0.05) is 159 Å². The van der Waals surface area contributed by atoms with Crippen molar-refractivity contribution in [3.05, 3.63) is 36.5 Å². The molecule has 1 rings (SSSR count). The van der Waals surface area contributed by atoms with Crippen LogP contribution < -0.4 is 5.32 Å². The molecule has 7 unspecified atom stereocenters. The van der Waals surface area contributed by atoms with Crippen LogP contribution in [0, 0.1) is 0 Å². The van der Waals surface area contributed by atoms with Crippen LogP contribution in [0.2, 0.25) is 0 Å². The lowest BCUT2D eigenvalue weighted by molar-refractivity contribution is -0.302. The molecule has 0 radical (unpaired) electrons. The third-order valence-electron chi connectivity index (χ3n) is 9.76. The first-order valence-corrected chi connectivity index (χ1v) is 20.7. The molecule has 1 fully saturated rings. The number of carbonyl (C=O) groups excluding carboxylic acids is 1. The minimum atomic E-state index is -1.57. The van der Waals surface area contributed by atoms with E-state index in [0.717, 1.165) is 25.7 Å². The molecule has 0 aromatic heterocycles. The number of unbranched alkanes of at least 4 members (excludes halogenated alkanes) is 20. The summed E-state index contributed by atoms with van der Waals surface area (Å²) >= 11 is 0. The lowest BCUT2D eigenvalue weighted by Gasteiger charge is -2.40. The van der Waals surface area contributed by atoms with Crippen LogP contribution in [-0.4, -0.2) is 87.5 Å². The van der Waals surface area contributed by atoms with Gasteiger partial charge in [-0.3, -0.25) is 4.79 Å². The Bertz CT molecular complexity index is 894. The van der Waals surface area contributed by atoms with Crippen LogP contribution in [0.25, 0.3) is 0 Å². The zero-order valence-corrected chi connectivity index (χ0v) is 32.4. The number of aliphatic hydroxyl groups excluding tert-OH is 5. The minimum Gasteiger partial charge on any atom is -0.394 e. The zero-order valence-electron chi connectivity index (χ0n) is 32.4. The smallest absolute Gasteiger partial charge is 0.220 e. The predicted molar refractivity (Wildman–Crippen MR) is 207 cm³/mol. The summed E-state index contributed by atoms with van der Waals surface area (Å²) in [4.78, 5) is 12.0. The first-order chi connectivity index (χ1) is 24.8. The molecule has 0 aromatic carbocycles. The summed E-state index contributed by atoms with van der Waals surface area (Å²) in [6.07, 6.45) is 34.6. The number of hydrogen-bond donors (Lipinski definition) is 6. The van der Waals surface area contributed by atoms with Gasteiger partial charge >= 0.3 is 0 Å². The molecule has 0 aliphatic carbocycles. The van der Waals surface area contributed by atoms with Gasteiger partial charge < -0.3 is 40.3 Å². The van der Waals surface area contributed by atoms with Gasteiger partial charge in [-0.25, -0.2) is 0 Å². The fourth-order valence-electron chi connectivity index (χ4n) is 6.33. The molecule has 51 heavy (non-hydrogen) atoms. The van der Waals surface area contributed by atoms with E-state index in [4.69, 9.17) is 9.47 Å². The van der Waals surface area contributed by atoms with Gasteiger partial charge in [-0.2, -0.15) is 0 Å². The Morgan fingerprint density at radius 1 is 0.647 bits per heavy atom. The van der Waals surface area contributed by atoms with E-state index in [9.17, 15) is 30.3 Å². The van der Waals surface area contributed by atoms with Crippen molar-refractivity contribution in [2.75, 3.05) is 13.2 Å². The number of allylic oxidation sites excluding steroid dienone is 5. The molecule has 0 saturated carbocycles. The molecule has 0 aromatic rings. The van der Waals surface area contributed by atoms with Crippen LogP contribution in [0.4, 0.5) is 0 Å². The molecule has 0 bridgehead atoms. The first kappa shape index (κ1) is 47.4. The van der Waals surface area contributed by atoms with Crippen LogP contribution in [0.5, 0.6) is 0 Å². The molecule has 1 heterocycles. The topological polar surface area (TPSA) is 149 Å². The fourth-order valence-corrected chi connectivity index (χ4v) is 6.33. The number of hydrogen-bond acceptors (Lipinski definition) is 8. The van der Waals surface area contributed by atoms with Crippen LogP contribution >= 0.6 is 0 Å². The average molecular weight is 724 g/mol. The van der Waals surface area contributed by atoms with E-state index < -0.39 is 49.5 Å². The van der Waals surface area contributed by atoms with Crippen LogP contribution in [0.15, 0.2) is 36.5 Å². The second-order valence-electron chi connectivity index (χ2n) is 14.4. The summed E-state index contributed by atoms with van der Waals surface area (Å²) in [6, 6.07) is -0.822. The molecule has 9 heteroatoms. The van der Waals surface area contributed by atoms with Crippen molar-refractivity contribution in [1.82, 2.24) is 5.32 Å². The number of ether oxygens (including phenoxy) is 2. The zero-order chi connectivity index (χ0) is 37.4. The summed E-state index contributed by atoms with van der Waals surface area (Å²) in [5.41, 5.74) is 0. The van der Waals surface area contributed by atoms with Crippen LogP contribution in [-0.2, 0) is 14.3 Å². The Kier molecular flexibility index (Phi) is 30.7. The lowest BCUT2D eigenvalue weighted by atomic mass is 9.99. The molecule has 1 aliphatic heterocycles. The third-order valence-corrected chi connectivity index (χ3v) is 9.76. The van der Waals surface area contributed by atoms with Crippen molar-refractivity contribution in [3.63, 3.8) is 0 Å². The number of nitrogens with one attached hydrogen (secondary N) is 1. The summed E-state index contributed by atoms with van der Waals surface area (Å²) in [5.74, 6) is -0.280. The Labute approximate surface area is 311 Å². The maximum Gasteiger partial charge on any atom is 0.220 e. The second-order valence-corrected chi connectivity index (χ2v) is 14.4. The van der Waals surface area contributed by atoms with Gasteiger partial charge in [0.25, 0.3) is 0 Å². The molecule has 1 amide bonds. The summed E-state index contributed by atoms with van der Waals surface area (Å²) in [7, 11) is 0. The molecular weight excluding hydrogens is 646 g/mol. The van der Waals surface area contributed by atoms with Crippen molar-refractivity contribution in [1.29, 1.82) is 0 Å². The molecular formula is C42H77NO8. The van der Waals surface area contributed by atoms with E-state index in [-0.39, 0.29) is 18.9 Å². The first-order valence-electron chi connectivity index (χ1n) is 20.7. The minimum absolute atomic E-state index is 0.215. The van der Waals surface area contributed by atoms with Crippen molar-refractivity contribution in [3.8, 4) is 0 Å². The number of carbonyl (C=O) groups is 1. The number of amides is 1. The highest BCUT2D eigenvalue weighted by Gasteiger charge is 2.44. The van der Waals surface area contributed by atoms with Crippen molar-refractivity contribution >= 4 is 5.91 Å². The largest absolute Gasteiger partial charge is 0.394 e. The van der Waals surface area contributed by atoms with E-state index in [1.54, 1.807) is 13.0 Å². The quantitative estimate of drug-likeness (QED) is 0.0298. The standard InChI is InChI=1S/C42H77NO8/c1-3-5-6-7-8-9-10-11-12-13-14-15-16-17-18-19-20-21-22-23-24-25-26-27-28-29-30-31-32-36(45)35(43-38(46)4-2)34-50-42-41(49)40(48)39(47)37(33-44)51-42/h23-24,27-28,31-32,35-37,39-42,44-45,47-49H,3-22,25-26,29-30,33-34H2,1-2H3,(H,43,46)/b24-23+,28-27+,32-31+. The molecule has 1 saturated heterocycles. The van der Waals surface area contributed by atoms with Crippen molar-refractivity contribution < 1.29 is 39.8 Å². The maximum absolute atomic E-state index is 12.0. The Hall–Kier alpha value is -1.59. The van der Waals surface area contributed by atoms with Crippen LogP contribution in [0.3, 0.4) is 0 Å². The number of rotatable bonds is 33. The third kappa shape index (κ3) is 24.4. The van der Waals surface area contributed by atoms with Crippen molar-refractivity contribution in [2.45, 2.75) is 211 Å². The Morgan fingerprint density at radius 3 is 1.57 bits per heavy atom. The van der Waals surface area contributed by atoms with Gasteiger partial charge in [0, 0.05) is 6.42 Å². The van der Waals surface area contributed by atoms with E-state index in [1.165, 1.54) is 122 Å². The van der Waals surface area contributed by atoms with E-state index in [0.29, 0.717) is 0 Å². The van der Waals surface area contributed by atoms with Gasteiger partial charge in [-0.05, 0) is 38.5 Å². The van der Waals surface area contributed by atoms with E-state index in [1.807, 2.05) is 6.08 Å². The SMILES string of the molecule is CCCCCCCCCCCCCCCCCCCC/C=C/CC/C=C/CC/C=C/C(O)C(COC1OC(CO)C(O)C(O)C1O)NC(=O)CC. The van der Waals surface area contributed by atoms with Gasteiger partial charge in [-0.15, -0.1) is 0 Å². The fraction of sp³-hybridized carbons (Fsp3) is 0.833. The van der Waals surface area contributed by atoms with E-state index in [2.05, 4.69) is 36.5 Å². The Balaban J connectivity index is 2.06. The molecule has 1 aliphatic rings. The predicted octanol–water partition coefficient (Wildman–Crippen LogP) is 7.72. The molecule has 9 nitrogen and oxygen atoms in total. The highest BCUT2D eigenvalue weighted by Crippen LogP contribution is 2.22. The summed E-state index contributed by atoms with van der Waals surface area (Å²) < 4.78 is 10.9. The monoisotopic (exact) mass is 724 g/mol. The van der Waals surface area contributed by atoms with Crippen LogP contribution in [0.1, 0.15) is 168 Å². The van der Waals surface area contributed by atoms with Gasteiger partial charge in [0.1, 0.15) is 24.4 Å². The lowest BCUT2D eigenvalue weighted by Crippen LogP contribution is -2.60. The Morgan fingerprint density at radius 2 is 1.10 bits per heavy atom. The average Bonchev–Trinajstić information content (AvgIpc) is 3.13. The highest BCUT2D eigenvalue weighted by atomic mass is 16.7. The van der Waals surface area contributed by atoms with Gasteiger partial charge in [0.2, 0.25) is 5.91 Å². The summed E-state index contributed by atoms with van der Waals surface area (Å²) in [6.45, 7) is 3.19. The van der Waals surface area contributed by atoms with Gasteiger partial charge in [0.05, 0.1) is 25.4 Å². The highest BCUT2D eigenvalue weighted by molar-refractivity contribution is 5.75. The number of aliphatic hydroxyl groups is 5. The normalized spacial score (nSPS) is 22.4. The molecule has 298 valence electrons. The maximum atomic E-state index is 12.0. The second kappa shape index (κ2) is 33.0. The molecule has 6 N–H and O–H groups in total. The summed E-state index contributed by atoms with van der Waals surface area (Å²) in [5, 5.41) is 52.9. The van der Waals surface area contributed by atoms with Crippen molar-refractivity contribution in [2.24, 2.45) is 0 Å². The molecule has 7 atom stereocenters.